The molecular weight excluding hydrogens is 330 g/mol. The van der Waals surface area contributed by atoms with Crippen molar-refractivity contribution in [3.05, 3.63) is 57.6 Å². The fourth-order valence-corrected chi connectivity index (χ4v) is 4.37. The lowest BCUT2D eigenvalue weighted by Crippen LogP contribution is -2.06. The van der Waals surface area contributed by atoms with Crippen LogP contribution < -0.4 is 5.73 Å². The van der Waals surface area contributed by atoms with E-state index in [0.717, 1.165) is 4.47 Å². The van der Waals surface area contributed by atoms with Gasteiger partial charge in [0.15, 0.2) is 0 Å². The van der Waals surface area contributed by atoms with E-state index in [9.17, 15) is 0 Å². The van der Waals surface area contributed by atoms with Gasteiger partial charge in [-0.2, -0.15) is 0 Å². The van der Waals surface area contributed by atoms with Gasteiger partial charge in [-0.25, -0.2) is 0 Å². The fraction of sp³-hybridized carbons (Fsp3) is 0.294. The van der Waals surface area contributed by atoms with Crippen LogP contribution in [-0.4, -0.2) is 0 Å². The van der Waals surface area contributed by atoms with Crippen molar-refractivity contribution in [3.8, 4) is 0 Å². The smallest absolute Gasteiger partial charge is 0.0277 e. The predicted octanol–water partition coefficient (Wildman–Crippen LogP) is 5.11. The maximum absolute atomic E-state index is 6.08. The van der Waals surface area contributed by atoms with E-state index >= 15 is 0 Å². The van der Waals surface area contributed by atoms with Crippen molar-refractivity contribution in [1.82, 2.24) is 0 Å². The third-order valence-corrected chi connectivity index (χ3v) is 5.32. The monoisotopic (exact) mass is 347 g/mol. The average molecular weight is 348 g/mol. The molecule has 0 bridgehead atoms. The first-order valence-electron chi connectivity index (χ1n) is 6.98. The Morgan fingerprint density at radius 2 is 1.90 bits per heavy atom. The normalized spacial score (nSPS) is 15.2. The van der Waals surface area contributed by atoms with Crippen LogP contribution in [-0.2, 0) is 12.8 Å². The zero-order valence-electron chi connectivity index (χ0n) is 11.5. The Balaban J connectivity index is 1.93. The molecular formula is C17H18BrNS. The maximum atomic E-state index is 6.08. The third-order valence-electron chi connectivity index (χ3n) is 3.76. The van der Waals surface area contributed by atoms with Crippen molar-refractivity contribution in [2.75, 3.05) is 0 Å². The highest BCUT2D eigenvalue weighted by atomic mass is 79.9. The number of aryl methyl sites for hydroxylation is 2. The Hall–Kier alpha value is -0.770. The summed E-state index contributed by atoms with van der Waals surface area (Å²) in [5.41, 5.74) is 10.3. The summed E-state index contributed by atoms with van der Waals surface area (Å²) in [6, 6.07) is 13.3. The second-order valence-corrected chi connectivity index (χ2v) is 7.39. The summed E-state index contributed by atoms with van der Waals surface area (Å²) in [5.74, 6) is 0. The lowest BCUT2D eigenvalue weighted by atomic mass is 10.1. The first-order chi connectivity index (χ1) is 9.63. The largest absolute Gasteiger partial charge is 0.324 e. The van der Waals surface area contributed by atoms with Gasteiger partial charge in [-0.3, -0.25) is 0 Å². The highest BCUT2D eigenvalue weighted by Crippen LogP contribution is 2.36. The van der Waals surface area contributed by atoms with Gasteiger partial charge in [0, 0.05) is 20.3 Å². The zero-order chi connectivity index (χ0) is 14.1. The Morgan fingerprint density at radius 1 is 1.10 bits per heavy atom. The van der Waals surface area contributed by atoms with Crippen molar-refractivity contribution in [2.45, 2.75) is 42.0 Å². The van der Waals surface area contributed by atoms with E-state index in [4.69, 9.17) is 5.73 Å². The second kappa shape index (κ2) is 5.92. The predicted molar refractivity (Wildman–Crippen MR) is 89.3 cm³/mol. The first kappa shape index (κ1) is 14.2. The van der Waals surface area contributed by atoms with E-state index in [2.05, 4.69) is 52.3 Å². The number of rotatable bonds is 3. The molecule has 0 fully saturated rings. The first-order valence-corrected chi connectivity index (χ1v) is 8.59. The van der Waals surface area contributed by atoms with Crippen LogP contribution in [0.3, 0.4) is 0 Å². The molecule has 2 N–H and O–H groups in total. The standard InChI is InChI=1S/C17H18BrNS/c1-11(19)16-8-6-14(18)10-17(16)20-15-7-5-12-3-2-4-13(12)9-15/h5-11H,2-4,19H2,1H3. The van der Waals surface area contributed by atoms with Crippen molar-refractivity contribution >= 4 is 27.7 Å². The van der Waals surface area contributed by atoms with E-state index in [0.29, 0.717) is 0 Å². The van der Waals surface area contributed by atoms with Crippen LogP contribution in [0.2, 0.25) is 0 Å². The van der Waals surface area contributed by atoms with Crippen molar-refractivity contribution < 1.29 is 0 Å². The van der Waals surface area contributed by atoms with Crippen LogP contribution in [0, 0.1) is 0 Å². The highest BCUT2D eigenvalue weighted by Gasteiger charge is 2.13. The summed E-state index contributed by atoms with van der Waals surface area (Å²) >= 11 is 5.37. The summed E-state index contributed by atoms with van der Waals surface area (Å²) in [7, 11) is 0. The minimum atomic E-state index is 0.0556. The number of nitrogens with two attached hydrogens (primary N) is 1. The van der Waals surface area contributed by atoms with Gasteiger partial charge in [-0.05, 0) is 67.1 Å². The molecule has 3 heteroatoms. The number of halogens is 1. The summed E-state index contributed by atoms with van der Waals surface area (Å²) in [5, 5.41) is 0. The van der Waals surface area contributed by atoms with Crippen LogP contribution in [0.4, 0.5) is 0 Å². The highest BCUT2D eigenvalue weighted by molar-refractivity contribution is 9.10. The molecule has 3 rings (SSSR count). The van der Waals surface area contributed by atoms with Crippen LogP contribution in [0.1, 0.15) is 36.1 Å². The van der Waals surface area contributed by atoms with Gasteiger partial charge in [0.1, 0.15) is 0 Å². The average Bonchev–Trinajstić information content (AvgIpc) is 2.85. The number of benzene rings is 2. The van der Waals surface area contributed by atoms with Crippen LogP contribution in [0.15, 0.2) is 50.7 Å². The van der Waals surface area contributed by atoms with Gasteiger partial charge in [-0.1, -0.05) is 39.8 Å². The summed E-state index contributed by atoms with van der Waals surface area (Å²) in [6.07, 6.45) is 3.76. The Labute approximate surface area is 133 Å². The van der Waals surface area contributed by atoms with E-state index in [-0.39, 0.29) is 6.04 Å². The fourth-order valence-electron chi connectivity index (χ4n) is 2.71. The number of hydrogen-bond donors (Lipinski definition) is 1. The molecule has 0 saturated carbocycles. The number of fused-ring (bicyclic) bond motifs is 1. The third kappa shape index (κ3) is 2.95. The van der Waals surface area contributed by atoms with Crippen molar-refractivity contribution in [3.63, 3.8) is 0 Å². The molecule has 0 spiro atoms. The summed E-state index contributed by atoms with van der Waals surface area (Å²) < 4.78 is 1.10. The molecule has 2 aromatic carbocycles. The molecule has 1 aliphatic rings. The molecule has 1 aliphatic carbocycles. The topological polar surface area (TPSA) is 26.0 Å². The van der Waals surface area contributed by atoms with Gasteiger partial charge in [0.05, 0.1) is 0 Å². The quantitative estimate of drug-likeness (QED) is 0.834. The molecule has 0 amide bonds. The van der Waals surface area contributed by atoms with E-state index < -0.39 is 0 Å². The number of hydrogen-bond acceptors (Lipinski definition) is 2. The molecule has 0 aromatic heterocycles. The Morgan fingerprint density at radius 3 is 2.70 bits per heavy atom. The van der Waals surface area contributed by atoms with E-state index in [1.54, 1.807) is 0 Å². The van der Waals surface area contributed by atoms with Crippen molar-refractivity contribution in [1.29, 1.82) is 0 Å². The maximum Gasteiger partial charge on any atom is 0.0277 e. The second-order valence-electron chi connectivity index (χ2n) is 5.36. The van der Waals surface area contributed by atoms with Crippen LogP contribution in [0.5, 0.6) is 0 Å². The lowest BCUT2D eigenvalue weighted by molar-refractivity contribution is 0.797. The molecule has 104 valence electrons. The molecule has 0 aliphatic heterocycles. The summed E-state index contributed by atoms with van der Waals surface area (Å²) in [6.45, 7) is 2.04. The van der Waals surface area contributed by atoms with E-state index in [1.165, 1.54) is 45.7 Å². The van der Waals surface area contributed by atoms with E-state index in [1.807, 2.05) is 18.7 Å². The van der Waals surface area contributed by atoms with Crippen molar-refractivity contribution in [2.24, 2.45) is 5.73 Å². The molecule has 1 atom stereocenters. The molecule has 0 heterocycles. The van der Waals surface area contributed by atoms with Crippen LogP contribution in [0.25, 0.3) is 0 Å². The lowest BCUT2D eigenvalue weighted by Gasteiger charge is -2.13. The van der Waals surface area contributed by atoms with Gasteiger partial charge in [-0.15, -0.1) is 0 Å². The molecule has 0 radical (unpaired) electrons. The minimum absolute atomic E-state index is 0.0556. The summed E-state index contributed by atoms with van der Waals surface area (Å²) in [4.78, 5) is 2.55. The molecule has 2 aromatic rings. The zero-order valence-corrected chi connectivity index (χ0v) is 13.9. The molecule has 1 nitrogen and oxygen atoms in total. The Kier molecular flexibility index (Phi) is 4.20. The van der Waals surface area contributed by atoms with Gasteiger partial charge in [0.25, 0.3) is 0 Å². The molecule has 20 heavy (non-hydrogen) atoms. The van der Waals surface area contributed by atoms with Gasteiger partial charge >= 0.3 is 0 Å². The Bertz CT molecular complexity index is 637. The minimum Gasteiger partial charge on any atom is -0.324 e. The van der Waals surface area contributed by atoms with Gasteiger partial charge < -0.3 is 5.73 Å². The van der Waals surface area contributed by atoms with Gasteiger partial charge in [0.2, 0.25) is 0 Å². The molecule has 0 saturated heterocycles. The molecule has 1 unspecified atom stereocenters. The SMILES string of the molecule is CC(N)c1ccc(Br)cc1Sc1ccc2c(c1)CCC2. The van der Waals surface area contributed by atoms with Crippen LogP contribution >= 0.6 is 27.7 Å².